The number of nitrogens with zero attached hydrogens (tertiary/aromatic N) is 4. The van der Waals surface area contributed by atoms with Gasteiger partial charge in [-0.05, 0) is 63.4 Å². The lowest BCUT2D eigenvalue weighted by atomic mass is 10.1. The first kappa shape index (κ1) is 13.8. The monoisotopic (exact) mass is 269 g/mol. The molecule has 1 aromatic heterocycles. The van der Waals surface area contributed by atoms with E-state index in [0.717, 1.165) is 17.5 Å². The molecule has 1 aliphatic carbocycles. The first-order chi connectivity index (χ1) is 8.56. The lowest BCUT2D eigenvalue weighted by Crippen LogP contribution is -2.36. The van der Waals surface area contributed by atoms with Crippen LogP contribution in [0.25, 0.3) is 0 Å². The maximum Gasteiger partial charge on any atom is 0.209 e. The zero-order valence-electron chi connectivity index (χ0n) is 11.5. The van der Waals surface area contributed by atoms with Crippen LogP contribution < -0.4 is 5.32 Å². The van der Waals surface area contributed by atoms with E-state index in [1.54, 1.807) is 11.8 Å². The molecule has 1 aliphatic rings. The number of aromatic nitrogens is 4. The summed E-state index contributed by atoms with van der Waals surface area (Å²) in [6, 6.07) is 0.574. The third-order valence-corrected chi connectivity index (χ3v) is 3.83. The summed E-state index contributed by atoms with van der Waals surface area (Å²) in [5.41, 5.74) is 0.225. The number of rotatable bonds is 7. The van der Waals surface area contributed by atoms with Crippen molar-refractivity contribution >= 4 is 11.8 Å². The van der Waals surface area contributed by atoms with Crippen LogP contribution in [-0.2, 0) is 0 Å². The molecule has 0 amide bonds. The van der Waals surface area contributed by atoms with E-state index in [1.807, 2.05) is 4.68 Å². The second-order valence-corrected chi connectivity index (χ2v) is 6.93. The van der Waals surface area contributed by atoms with Gasteiger partial charge in [0.25, 0.3) is 0 Å². The molecule has 18 heavy (non-hydrogen) atoms. The van der Waals surface area contributed by atoms with Crippen molar-refractivity contribution in [2.75, 3.05) is 12.3 Å². The average Bonchev–Trinajstić information content (AvgIpc) is 3.02. The van der Waals surface area contributed by atoms with Crippen LogP contribution in [0, 0.1) is 0 Å². The van der Waals surface area contributed by atoms with E-state index < -0.39 is 0 Å². The predicted octanol–water partition coefficient (Wildman–Crippen LogP) is 2.27. The van der Waals surface area contributed by atoms with Gasteiger partial charge in [-0.2, -0.15) is 0 Å². The van der Waals surface area contributed by atoms with Crippen molar-refractivity contribution in [3.63, 3.8) is 0 Å². The van der Waals surface area contributed by atoms with Gasteiger partial charge in [0.2, 0.25) is 5.16 Å². The Morgan fingerprint density at radius 3 is 2.78 bits per heavy atom. The topological polar surface area (TPSA) is 55.6 Å². The number of unbranched alkanes of at least 4 members (excludes halogenated alkanes) is 1. The lowest BCUT2D eigenvalue weighted by molar-refractivity contribution is 0.421. The second-order valence-electron chi connectivity index (χ2n) is 5.87. The van der Waals surface area contributed by atoms with E-state index in [0.29, 0.717) is 6.04 Å². The molecule has 0 radical (unpaired) electrons. The standard InChI is InChI=1S/C12H23N5S/c1-12(2,3)13-8-4-5-9-18-11-14-15-16-17(11)10-6-7-10/h10,13H,4-9H2,1-3H3. The maximum atomic E-state index is 4.08. The summed E-state index contributed by atoms with van der Waals surface area (Å²) in [5, 5.41) is 16.4. The van der Waals surface area contributed by atoms with E-state index in [9.17, 15) is 0 Å². The Morgan fingerprint density at radius 1 is 1.33 bits per heavy atom. The van der Waals surface area contributed by atoms with Crippen LogP contribution in [0.1, 0.15) is 52.5 Å². The fourth-order valence-corrected chi connectivity index (χ4v) is 2.63. The van der Waals surface area contributed by atoms with Gasteiger partial charge in [0, 0.05) is 11.3 Å². The molecule has 102 valence electrons. The summed E-state index contributed by atoms with van der Waals surface area (Å²) in [5.74, 6) is 1.10. The quantitative estimate of drug-likeness (QED) is 0.608. The van der Waals surface area contributed by atoms with Crippen LogP contribution in [0.3, 0.4) is 0 Å². The van der Waals surface area contributed by atoms with Crippen LogP contribution in [0.2, 0.25) is 0 Å². The van der Waals surface area contributed by atoms with Gasteiger partial charge < -0.3 is 5.32 Å². The molecule has 1 fully saturated rings. The Hall–Kier alpha value is -0.620. The smallest absolute Gasteiger partial charge is 0.209 e. The Bertz CT molecular complexity index is 367. The van der Waals surface area contributed by atoms with Crippen molar-refractivity contribution in [2.45, 2.75) is 63.2 Å². The molecule has 0 aromatic carbocycles. The molecule has 1 heterocycles. The molecule has 2 rings (SSSR count). The number of hydrogen-bond acceptors (Lipinski definition) is 5. The van der Waals surface area contributed by atoms with Crippen LogP contribution in [0.15, 0.2) is 5.16 Å². The number of tetrazole rings is 1. The highest BCUT2D eigenvalue weighted by Gasteiger charge is 2.27. The molecule has 0 atom stereocenters. The summed E-state index contributed by atoms with van der Waals surface area (Å²) >= 11 is 1.78. The van der Waals surface area contributed by atoms with Gasteiger partial charge in [-0.25, -0.2) is 4.68 Å². The first-order valence-corrected chi connectivity index (χ1v) is 7.70. The molecule has 1 saturated carbocycles. The lowest BCUT2D eigenvalue weighted by Gasteiger charge is -2.20. The highest BCUT2D eigenvalue weighted by Crippen LogP contribution is 2.36. The molecular weight excluding hydrogens is 246 g/mol. The third kappa shape index (κ3) is 4.57. The van der Waals surface area contributed by atoms with Gasteiger partial charge in [-0.3, -0.25) is 0 Å². The minimum atomic E-state index is 0.225. The van der Waals surface area contributed by atoms with Gasteiger partial charge in [-0.1, -0.05) is 11.8 Å². The number of nitrogens with one attached hydrogen (secondary N) is 1. The maximum absolute atomic E-state index is 4.08. The highest BCUT2D eigenvalue weighted by molar-refractivity contribution is 7.99. The van der Waals surface area contributed by atoms with E-state index in [1.165, 1.54) is 25.7 Å². The van der Waals surface area contributed by atoms with Gasteiger partial charge >= 0.3 is 0 Å². The molecule has 1 N–H and O–H groups in total. The van der Waals surface area contributed by atoms with Gasteiger partial charge in [0.05, 0.1) is 6.04 Å². The van der Waals surface area contributed by atoms with E-state index in [4.69, 9.17) is 0 Å². The van der Waals surface area contributed by atoms with Crippen LogP contribution >= 0.6 is 11.8 Å². The highest BCUT2D eigenvalue weighted by atomic mass is 32.2. The summed E-state index contributed by atoms with van der Waals surface area (Å²) in [4.78, 5) is 0. The van der Waals surface area contributed by atoms with Crippen molar-refractivity contribution in [2.24, 2.45) is 0 Å². The SMILES string of the molecule is CC(C)(C)NCCCCSc1nnnn1C1CC1. The zero-order chi connectivity index (χ0) is 13.0. The number of thioether (sulfide) groups is 1. The minimum absolute atomic E-state index is 0.225. The molecule has 0 unspecified atom stereocenters. The van der Waals surface area contributed by atoms with Gasteiger partial charge in [-0.15, -0.1) is 5.10 Å². The fraction of sp³-hybridized carbons (Fsp3) is 0.917. The Labute approximate surface area is 113 Å². The van der Waals surface area contributed by atoms with Crippen molar-refractivity contribution < 1.29 is 0 Å². The molecule has 0 bridgehead atoms. The van der Waals surface area contributed by atoms with Crippen molar-refractivity contribution in [1.29, 1.82) is 0 Å². The second kappa shape index (κ2) is 6.02. The minimum Gasteiger partial charge on any atom is -0.312 e. The Kier molecular flexibility index (Phi) is 4.61. The molecular formula is C12H23N5S. The van der Waals surface area contributed by atoms with Crippen LogP contribution in [-0.4, -0.2) is 38.0 Å². The van der Waals surface area contributed by atoms with Gasteiger partial charge in [0.15, 0.2) is 0 Å². The zero-order valence-corrected chi connectivity index (χ0v) is 12.3. The number of hydrogen-bond donors (Lipinski definition) is 1. The van der Waals surface area contributed by atoms with E-state index in [-0.39, 0.29) is 5.54 Å². The summed E-state index contributed by atoms with van der Waals surface area (Å²) in [6.07, 6.45) is 4.86. The van der Waals surface area contributed by atoms with Crippen molar-refractivity contribution in [3.05, 3.63) is 0 Å². The molecule has 0 aliphatic heterocycles. The summed E-state index contributed by atoms with van der Waals surface area (Å²) in [6.45, 7) is 7.68. The third-order valence-electron chi connectivity index (χ3n) is 2.81. The van der Waals surface area contributed by atoms with Crippen LogP contribution in [0.4, 0.5) is 0 Å². The predicted molar refractivity (Wildman–Crippen MR) is 73.8 cm³/mol. The normalized spacial score (nSPS) is 16.2. The summed E-state index contributed by atoms with van der Waals surface area (Å²) in [7, 11) is 0. The largest absolute Gasteiger partial charge is 0.312 e. The Balaban J connectivity index is 1.59. The van der Waals surface area contributed by atoms with E-state index in [2.05, 4.69) is 41.6 Å². The molecule has 6 heteroatoms. The molecule has 0 saturated heterocycles. The Morgan fingerprint density at radius 2 is 2.11 bits per heavy atom. The van der Waals surface area contributed by atoms with Gasteiger partial charge in [0.1, 0.15) is 0 Å². The average molecular weight is 269 g/mol. The van der Waals surface area contributed by atoms with Crippen molar-refractivity contribution in [3.8, 4) is 0 Å². The molecule has 0 spiro atoms. The first-order valence-electron chi connectivity index (χ1n) is 6.72. The summed E-state index contributed by atoms with van der Waals surface area (Å²) < 4.78 is 1.98. The molecule has 1 aromatic rings. The van der Waals surface area contributed by atoms with E-state index >= 15 is 0 Å². The van der Waals surface area contributed by atoms with Crippen LogP contribution in [0.5, 0.6) is 0 Å². The van der Waals surface area contributed by atoms with Crippen molar-refractivity contribution in [1.82, 2.24) is 25.5 Å². The fourth-order valence-electron chi connectivity index (χ4n) is 1.68. The molecule has 5 nitrogen and oxygen atoms in total.